The van der Waals surface area contributed by atoms with Crippen LogP contribution < -0.4 is 5.73 Å². The normalized spacial score (nSPS) is 13.1. The molecule has 2 N–H and O–H groups in total. The third kappa shape index (κ3) is 7.20. The molecule has 5 nitrogen and oxygen atoms in total. The molecule has 1 atom stereocenters. The van der Waals surface area contributed by atoms with Crippen molar-refractivity contribution < 1.29 is 13.2 Å². The number of carbonyl (C=O) groups excluding carboxylic acids is 1. The number of nitrogens with zero attached hydrogens (tertiary/aromatic N) is 1. The average Bonchev–Trinajstić information content (AvgIpc) is 2.43. The highest BCUT2D eigenvalue weighted by molar-refractivity contribution is 7.90. The number of aryl methyl sites for hydroxylation is 1. The third-order valence-electron chi connectivity index (χ3n) is 3.96. The molecule has 138 valence electrons. The van der Waals surface area contributed by atoms with Crippen LogP contribution in [-0.2, 0) is 20.0 Å². The van der Waals surface area contributed by atoms with Gasteiger partial charge in [-0.1, -0.05) is 43.7 Å². The van der Waals surface area contributed by atoms with Gasteiger partial charge in [0.25, 0.3) is 0 Å². The largest absolute Gasteiger partial charge is 0.344 e. The minimum absolute atomic E-state index is 0. The number of rotatable bonds is 7. The van der Waals surface area contributed by atoms with Gasteiger partial charge in [-0.15, -0.1) is 12.4 Å². The Labute approximate surface area is 151 Å². The van der Waals surface area contributed by atoms with Gasteiger partial charge in [0.2, 0.25) is 5.91 Å². The van der Waals surface area contributed by atoms with Crippen LogP contribution in [0.15, 0.2) is 24.3 Å². The van der Waals surface area contributed by atoms with Gasteiger partial charge in [0, 0.05) is 25.3 Å². The summed E-state index contributed by atoms with van der Waals surface area (Å²) in [6.07, 6.45) is 1.29. The fraction of sp³-hybridized carbons (Fsp3) is 0.588. The highest BCUT2D eigenvalue weighted by Crippen LogP contribution is 2.24. The summed E-state index contributed by atoms with van der Waals surface area (Å²) in [5, 5.41) is 0. The molecule has 1 aromatic rings. The van der Waals surface area contributed by atoms with Crippen molar-refractivity contribution in [2.24, 2.45) is 5.73 Å². The predicted molar refractivity (Wildman–Crippen MR) is 101 cm³/mol. The van der Waals surface area contributed by atoms with Gasteiger partial charge >= 0.3 is 0 Å². The van der Waals surface area contributed by atoms with E-state index in [9.17, 15) is 13.2 Å². The molecule has 1 unspecified atom stereocenters. The second-order valence-electron chi connectivity index (χ2n) is 6.97. The number of carbonyl (C=O) groups is 1. The summed E-state index contributed by atoms with van der Waals surface area (Å²) in [5.74, 6) is -0.302. The zero-order chi connectivity index (χ0) is 17.8. The number of likely N-dealkylation sites (N-methyl/N-ethyl adjacent to an activating group) is 1. The zero-order valence-electron chi connectivity index (χ0n) is 15.1. The maximum Gasteiger partial charge on any atom is 0.239 e. The van der Waals surface area contributed by atoms with E-state index < -0.39 is 15.9 Å². The van der Waals surface area contributed by atoms with Crippen LogP contribution in [0.2, 0.25) is 0 Å². The van der Waals surface area contributed by atoms with Crippen molar-refractivity contribution in [3.8, 4) is 0 Å². The lowest BCUT2D eigenvalue weighted by Crippen LogP contribution is -2.46. The van der Waals surface area contributed by atoms with E-state index in [4.69, 9.17) is 5.73 Å². The van der Waals surface area contributed by atoms with Crippen LogP contribution in [0.4, 0.5) is 0 Å². The van der Waals surface area contributed by atoms with E-state index in [2.05, 4.69) is 38.1 Å². The van der Waals surface area contributed by atoms with Crippen molar-refractivity contribution in [3.63, 3.8) is 0 Å². The molecule has 0 saturated carbocycles. The van der Waals surface area contributed by atoms with Gasteiger partial charge in [-0.3, -0.25) is 4.79 Å². The van der Waals surface area contributed by atoms with Crippen molar-refractivity contribution in [1.82, 2.24) is 4.90 Å². The Hall–Kier alpha value is -1.11. The molecule has 1 aromatic carbocycles. The van der Waals surface area contributed by atoms with Crippen LogP contribution in [0.25, 0.3) is 0 Å². The first-order chi connectivity index (χ1) is 10.4. The van der Waals surface area contributed by atoms with Gasteiger partial charge < -0.3 is 10.6 Å². The Morgan fingerprint density at radius 1 is 1.25 bits per heavy atom. The summed E-state index contributed by atoms with van der Waals surface area (Å²) in [6.45, 7) is 6.70. The Bertz CT molecular complexity index is 642. The number of hydrogen-bond donors (Lipinski definition) is 1. The molecule has 7 heteroatoms. The zero-order valence-corrected chi connectivity index (χ0v) is 16.7. The summed E-state index contributed by atoms with van der Waals surface area (Å²) < 4.78 is 22.4. The molecule has 0 bridgehead atoms. The maximum absolute atomic E-state index is 12.3. The predicted octanol–water partition coefficient (Wildman–Crippen LogP) is 1.91. The molecule has 0 aliphatic rings. The van der Waals surface area contributed by atoms with Gasteiger partial charge in [-0.2, -0.15) is 0 Å². The smallest absolute Gasteiger partial charge is 0.239 e. The molecule has 0 fully saturated rings. The van der Waals surface area contributed by atoms with Crippen molar-refractivity contribution in [3.05, 3.63) is 35.4 Å². The van der Waals surface area contributed by atoms with Crippen molar-refractivity contribution >= 4 is 28.2 Å². The quantitative estimate of drug-likeness (QED) is 0.788. The van der Waals surface area contributed by atoms with Gasteiger partial charge in [-0.05, 0) is 18.9 Å². The highest BCUT2D eigenvalue weighted by atomic mass is 35.5. The monoisotopic (exact) mass is 376 g/mol. The number of sulfone groups is 1. The average molecular weight is 377 g/mol. The second kappa shape index (κ2) is 8.83. The molecule has 0 radical (unpaired) electrons. The molecule has 0 saturated heterocycles. The Morgan fingerprint density at radius 3 is 2.21 bits per heavy atom. The summed E-state index contributed by atoms with van der Waals surface area (Å²) in [7, 11) is -1.40. The Balaban J connectivity index is 0.00000529. The molecule has 0 heterocycles. The van der Waals surface area contributed by atoms with Gasteiger partial charge in [0.15, 0.2) is 0 Å². The fourth-order valence-electron chi connectivity index (χ4n) is 2.51. The first kappa shape index (κ1) is 22.9. The van der Waals surface area contributed by atoms with E-state index in [0.717, 1.165) is 11.8 Å². The van der Waals surface area contributed by atoms with Crippen molar-refractivity contribution in [2.75, 3.05) is 25.6 Å². The molecular formula is C17H29ClN2O3S. The van der Waals surface area contributed by atoms with Crippen LogP contribution >= 0.6 is 12.4 Å². The van der Waals surface area contributed by atoms with Crippen LogP contribution in [0.3, 0.4) is 0 Å². The fourth-order valence-corrected chi connectivity index (χ4v) is 3.20. The number of benzene rings is 1. The number of hydrogen-bond acceptors (Lipinski definition) is 4. The lowest BCUT2D eigenvalue weighted by molar-refractivity contribution is -0.132. The molecule has 0 aliphatic carbocycles. The van der Waals surface area contributed by atoms with E-state index in [0.29, 0.717) is 6.54 Å². The molecule has 24 heavy (non-hydrogen) atoms. The van der Waals surface area contributed by atoms with Crippen molar-refractivity contribution in [1.29, 1.82) is 0 Å². The van der Waals surface area contributed by atoms with Crippen LogP contribution in [0, 0.1) is 6.92 Å². The Morgan fingerprint density at radius 2 is 1.75 bits per heavy atom. The van der Waals surface area contributed by atoms with E-state index in [1.54, 1.807) is 11.9 Å². The number of nitrogens with two attached hydrogens (primary N) is 1. The van der Waals surface area contributed by atoms with Crippen LogP contribution in [0.1, 0.15) is 31.4 Å². The van der Waals surface area contributed by atoms with Crippen LogP contribution in [-0.4, -0.2) is 50.9 Å². The first-order valence-corrected chi connectivity index (χ1v) is 9.74. The SMILES string of the molecule is Cc1ccc(C(C)(C)CN(C)C(=O)C(N)CCS(C)(=O)=O)cc1.Cl. The van der Waals surface area contributed by atoms with E-state index in [1.807, 2.05) is 6.92 Å². The minimum Gasteiger partial charge on any atom is -0.344 e. The lowest BCUT2D eigenvalue weighted by atomic mass is 9.83. The van der Waals surface area contributed by atoms with E-state index in [1.165, 1.54) is 5.56 Å². The topological polar surface area (TPSA) is 80.5 Å². The van der Waals surface area contributed by atoms with E-state index >= 15 is 0 Å². The standard InChI is InChI=1S/C17H28N2O3S.ClH/c1-13-6-8-14(9-7-13)17(2,3)12-19(4)16(20)15(18)10-11-23(5,21)22;/h6-9,15H,10-12,18H2,1-5H3;1H. The van der Waals surface area contributed by atoms with E-state index in [-0.39, 0.29) is 35.9 Å². The molecule has 0 aliphatic heterocycles. The Kier molecular flexibility index (Phi) is 8.42. The molecule has 0 spiro atoms. The molecule has 1 rings (SSSR count). The molecule has 1 amide bonds. The second-order valence-corrected chi connectivity index (χ2v) is 9.23. The lowest BCUT2D eigenvalue weighted by Gasteiger charge is -2.32. The summed E-state index contributed by atoms with van der Waals surface area (Å²) in [6, 6.07) is 7.45. The first-order valence-electron chi connectivity index (χ1n) is 7.68. The molecular weight excluding hydrogens is 348 g/mol. The van der Waals surface area contributed by atoms with Crippen molar-refractivity contribution in [2.45, 2.75) is 38.6 Å². The number of amides is 1. The third-order valence-corrected chi connectivity index (χ3v) is 4.94. The van der Waals surface area contributed by atoms with Gasteiger partial charge in [0.1, 0.15) is 9.84 Å². The summed E-state index contributed by atoms with van der Waals surface area (Å²) in [4.78, 5) is 13.9. The minimum atomic E-state index is -3.11. The summed E-state index contributed by atoms with van der Waals surface area (Å²) >= 11 is 0. The maximum atomic E-state index is 12.3. The number of halogens is 1. The summed E-state index contributed by atoms with van der Waals surface area (Å²) in [5.41, 5.74) is 7.97. The highest BCUT2D eigenvalue weighted by Gasteiger charge is 2.27. The van der Waals surface area contributed by atoms with Gasteiger partial charge in [0.05, 0.1) is 11.8 Å². The van der Waals surface area contributed by atoms with Crippen LogP contribution in [0.5, 0.6) is 0 Å². The van der Waals surface area contributed by atoms with Gasteiger partial charge in [-0.25, -0.2) is 8.42 Å². The molecule has 0 aromatic heterocycles.